The van der Waals surface area contributed by atoms with Crippen LogP contribution in [0.3, 0.4) is 0 Å². The summed E-state index contributed by atoms with van der Waals surface area (Å²) in [6, 6.07) is 3.55. The van der Waals surface area contributed by atoms with E-state index in [9.17, 15) is 4.79 Å². The van der Waals surface area contributed by atoms with E-state index in [1.165, 1.54) is 22.7 Å². The molecule has 0 saturated heterocycles. The first kappa shape index (κ1) is 13.2. The van der Waals surface area contributed by atoms with E-state index in [1.54, 1.807) is 12.1 Å². The zero-order valence-electron chi connectivity index (χ0n) is 7.39. The van der Waals surface area contributed by atoms with Crippen molar-refractivity contribution in [1.29, 1.82) is 0 Å². The molecule has 1 nitrogen and oxygen atoms in total. The topological polar surface area (TPSA) is 17.1 Å². The minimum absolute atomic E-state index is 0.0218. The molecule has 0 aliphatic rings. The lowest BCUT2D eigenvalue weighted by atomic mass is 10.2. The summed E-state index contributed by atoms with van der Waals surface area (Å²) in [5.41, 5.74) is 0.655. The summed E-state index contributed by atoms with van der Waals surface area (Å²) in [5.74, 6) is -0.0218. The Labute approximate surface area is 130 Å². The van der Waals surface area contributed by atoms with Crippen molar-refractivity contribution in [3.63, 3.8) is 0 Å². The summed E-state index contributed by atoms with van der Waals surface area (Å²) < 4.78 is 3.09. The van der Waals surface area contributed by atoms with Gasteiger partial charge >= 0.3 is 0 Å². The Morgan fingerprint density at radius 1 is 1.19 bits per heavy atom. The lowest BCUT2D eigenvalue weighted by molar-refractivity contribution is 0.104. The normalized spacial score (nSPS) is 10.8. The molecule has 2 heterocycles. The molecule has 2 rings (SSSR count). The summed E-state index contributed by atoms with van der Waals surface area (Å²) in [7, 11) is 0. The SMILES string of the molecule is O=C(c1cc(Br)c(Cl)s1)c1cc(Br)sc1Br. The van der Waals surface area contributed by atoms with Crippen LogP contribution in [0, 0.1) is 0 Å². The third-order valence-electron chi connectivity index (χ3n) is 1.77. The number of rotatable bonds is 2. The molecule has 0 atom stereocenters. The average Bonchev–Trinajstić information content (AvgIpc) is 2.70. The van der Waals surface area contributed by atoms with Crippen LogP contribution >= 0.6 is 82.1 Å². The van der Waals surface area contributed by atoms with E-state index < -0.39 is 0 Å². The Hall–Kier alpha value is 0.800. The standard InChI is InChI=1S/C9H2Br3ClOS2/c10-4-2-5(15-9(4)13)7(14)3-1-6(11)16-8(3)12/h1-2H. The lowest BCUT2D eigenvalue weighted by Crippen LogP contribution is -1.96. The molecular formula is C9H2Br3ClOS2. The fraction of sp³-hybridized carbons (Fsp3) is 0. The number of carbonyl (C=O) groups excluding carboxylic acids is 1. The molecule has 0 radical (unpaired) electrons. The van der Waals surface area contributed by atoms with Gasteiger partial charge in [-0.1, -0.05) is 11.6 Å². The maximum atomic E-state index is 12.1. The van der Waals surface area contributed by atoms with Crippen LogP contribution in [0.15, 0.2) is 24.2 Å². The Morgan fingerprint density at radius 2 is 1.88 bits per heavy atom. The predicted molar refractivity (Wildman–Crippen MR) is 80.2 cm³/mol. The second-order valence-corrected chi connectivity index (χ2v) is 9.06. The molecule has 0 unspecified atom stereocenters. The zero-order chi connectivity index (χ0) is 11.9. The van der Waals surface area contributed by atoms with Crippen molar-refractivity contribution in [2.45, 2.75) is 0 Å². The van der Waals surface area contributed by atoms with E-state index >= 15 is 0 Å². The summed E-state index contributed by atoms with van der Waals surface area (Å²) in [5, 5.41) is 0. The highest BCUT2D eigenvalue weighted by atomic mass is 79.9. The van der Waals surface area contributed by atoms with Crippen molar-refractivity contribution in [1.82, 2.24) is 0 Å². The number of hydrogen-bond donors (Lipinski definition) is 0. The fourth-order valence-electron chi connectivity index (χ4n) is 1.09. The number of halogens is 4. The number of carbonyl (C=O) groups is 1. The molecular weight excluding hydrogens is 463 g/mol. The zero-order valence-corrected chi connectivity index (χ0v) is 14.5. The van der Waals surface area contributed by atoms with E-state index in [4.69, 9.17) is 11.6 Å². The van der Waals surface area contributed by atoms with Crippen molar-refractivity contribution in [2.75, 3.05) is 0 Å². The molecule has 2 aromatic heterocycles. The van der Waals surface area contributed by atoms with Crippen molar-refractivity contribution >= 4 is 87.8 Å². The van der Waals surface area contributed by atoms with Crippen LogP contribution in [0.1, 0.15) is 15.2 Å². The van der Waals surface area contributed by atoms with Crippen LogP contribution in [0.2, 0.25) is 4.34 Å². The van der Waals surface area contributed by atoms with E-state index in [2.05, 4.69) is 47.8 Å². The third kappa shape index (κ3) is 2.62. The van der Waals surface area contributed by atoms with Crippen molar-refractivity contribution < 1.29 is 4.79 Å². The Bertz CT molecular complexity index is 542. The van der Waals surface area contributed by atoms with Gasteiger partial charge in [-0.2, -0.15) is 0 Å². The number of thiophene rings is 2. The maximum Gasteiger partial charge on any atom is 0.205 e. The van der Waals surface area contributed by atoms with Crippen LogP contribution in [0.5, 0.6) is 0 Å². The van der Waals surface area contributed by atoms with E-state index in [0.717, 1.165) is 12.0 Å². The quantitative estimate of drug-likeness (QED) is 0.499. The molecule has 0 saturated carbocycles. The monoisotopic (exact) mass is 462 g/mol. The molecule has 16 heavy (non-hydrogen) atoms. The molecule has 0 aromatic carbocycles. The van der Waals surface area contributed by atoms with Crippen LogP contribution in [-0.4, -0.2) is 5.78 Å². The Morgan fingerprint density at radius 3 is 2.31 bits per heavy atom. The molecule has 0 aliphatic carbocycles. The second-order valence-electron chi connectivity index (χ2n) is 2.80. The number of hydrogen-bond acceptors (Lipinski definition) is 3. The first-order valence-electron chi connectivity index (χ1n) is 3.93. The molecule has 84 valence electrons. The molecule has 2 aromatic rings. The van der Waals surface area contributed by atoms with Gasteiger partial charge in [-0.3, -0.25) is 4.79 Å². The lowest BCUT2D eigenvalue weighted by Gasteiger charge is -1.93. The highest BCUT2D eigenvalue weighted by Gasteiger charge is 2.18. The molecule has 0 aliphatic heterocycles. The predicted octanol–water partition coefficient (Wildman–Crippen LogP) is 5.98. The van der Waals surface area contributed by atoms with Crippen molar-refractivity contribution in [3.8, 4) is 0 Å². The highest BCUT2D eigenvalue weighted by molar-refractivity contribution is 9.12. The largest absolute Gasteiger partial charge is 0.288 e. The summed E-state index contributed by atoms with van der Waals surface area (Å²) in [6.45, 7) is 0. The van der Waals surface area contributed by atoms with Gasteiger partial charge in [0, 0.05) is 10.0 Å². The first-order valence-corrected chi connectivity index (χ1v) is 8.32. The minimum atomic E-state index is -0.0218. The molecule has 0 spiro atoms. The average molecular weight is 465 g/mol. The molecule has 7 heteroatoms. The van der Waals surface area contributed by atoms with Crippen LogP contribution in [0.25, 0.3) is 0 Å². The van der Waals surface area contributed by atoms with Gasteiger partial charge in [0.25, 0.3) is 0 Å². The molecule has 0 amide bonds. The van der Waals surface area contributed by atoms with E-state index in [1.807, 2.05) is 0 Å². The van der Waals surface area contributed by atoms with Crippen molar-refractivity contribution in [2.24, 2.45) is 0 Å². The fourth-order valence-corrected chi connectivity index (χ4v) is 5.54. The van der Waals surface area contributed by atoms with Crippen LogP contribution in [-0.2, 0) is 0 Å². The Kier molecular flexibility index (Phi) is 4.30. The molecule has 0 N–H and O–H groups in total. The summed E-state index contributed by atoms with van der Waals surface area (Å²) in [6.07, 6.45) is 0. The second kappa shape index (κ2) is 5.20. The van der Waals surface area contributed by atoms with Gasteiger partial charge in [0.15, 0.2) is 0 Å². The smallest absolute Gasteiger partial charge is 0.205 e. The van der Waals surface area contributed by atoms with Gasteiger partial charge in [-0.05, 0) is 59.9 Å². The van der Waals surface area contributed by atoms with Crippen LogP contribution < -0.4 is 0 Å². The van der Waals surface area contributed by atoms with Gasteiger partial charge in [0.1, 0.15) is 4.34 Å². The summed E-state index contributed by atoms with van der Waals surface area (Å²) >= 11 is 18.7. The molecule has 0 bridgehead atoms. The van der Waals surface area contributed by atoms with Gasteiger partial charge in [-0.25, -0.2) is 0 Å². The van der Waals surface area contributed by atoms with Crippen LogP contribution in [0.4, 0.5) is 0 Å². The van der Waals surface area contributed by atoms with E-state index in [0.29, 0.717) is 14.8 Å². The summed E-state index contributed by atoms with van der Waals surface area (Å²) in [4.78, 5) is 12.8. The van der Waals surface area contributed by atoms with E-state index in [-0.39, 0.29) is 5.78 Å². The highest BCUT2D eigenvalue weighted by Crippen LogP contribution is 2.37. The van der Waals surface area contributed by atoms with Crippen molar-refractivity contribution in [3.05, 3.63) is 39.0 Å². The third-order valence-corrected chi connectivity index (χ3v) is 6.58. The Balaban J connectivity index is 2.42. The maximum absolute atomic E-state index is 12.1. The first-order chi connectivity index (χ1) is 7.49. The van der Waals surface area contributed by atoms with Gasteiger partial charge < -0.3 is 0 Å². The van der Waals surface area contributed by atoms with Gasteiger partial charge in [0.05, 0.1) is 12.4 Å². The van der Waals surface area contributed by atoms with Gasteiger partial charge in [-0.15, -0.1) is 22.7 Å². The number of ketones is 1. The molecule has 0 fully saturated rings. The minimum Gasteiger partial charge on any atom is -0.288 e. The van der Waals surface area contributed by atoms with Gasteiger partial charge in [0.2, 0.25) is 5.78 Å².